The third kappa shape index (κ3) is 6.67. The highest BCUT2D eigenvalue weighted by Crippen LogP contribution is 2.39. The average molecular weight is 518 g/mol. The van der Waals surface area contributed by atoms with Gasteiger partial charge in [-0.3, -0.25) is 9.59 Å². The number of hydrogen-bond acceptors (Lipinski definition) is 6. The van der Waals surface area contributed by atoms with Crippen LogP contribution in [0.1, 0.15) is 50.8 Å². The molecular formula is C26H32ClN3O6. The Hall–Kier alpha value is -3.30. The van der Waals surface area contributed by atoms with Gasteiger partial charge in [0.05, 0.1) is 17.3 Å². The smallest absolute Gasteiger partial charge is 0.408 e. The maximum Gasteiger partial charge on any atom is 0.408 e. The molecule has 4 N–H and O–H groups in total. The average Bonchev–Trinajstić information content (AvgIpc) is 3.62. The molecule has 1 fully saturated rings. The fraction of sp³-hybridized carbons (Fsp3) is 0.423. The molecule has 1 saturated carbocycles. The van der Waals surface area contributed by atoms with E-state index >= 15 is 0 Å². The van der Waals surface area contributed by atoms with Crippen molar-refractivity contribution in [2.75, 3.05) is 11.9 Å². The molecule has 2 atom stereocenters. The number of aliphatic hydroxyl groups excluding tert-OH is 1. The summed E-state index contributed by atoms with van der Waals surface area (Å²) in [7, 11) is 0. The molecule has 2 aromatic carbocycles. The molecule has 1 aliphatic rings. The summed E-state index contributed by atoms with van der Waals surface area (Å²) >= 11 is 6.32. The minimum Gasteiger partial charge on any atom is -0.508 e. The van der Waals surface area contributed by atoms with Crippen LogP contribution in [-0.2, 0) is 14.3 Å². The van der Waals surface area contributed by atoms with Gasteiger partial charge in [-0.2, -0.15) is 0 Å². The van der Waals surface area contributed by atoms with E-state index < -0.39 is 42.2 Å². The molecule has 2 aromatic rings. The zero-order chi connectivity index (χ0) is 26.6. The van der Waals surface area contributed by atoms with Crippen LogP contribution in [0.15, 0.2) is 42.5 Å². The number of nitrogens with one attached hydrogen (secondary N) is 2. The summed E-state index contributed by atoms with van der Waals surface area (Å²) in [5.74, 6) is -1.44. The third-order valence-electron chi connectivity index (χ3n) is 5.59. The molecule has 9 nitrogen and oxygen atoms in total. The van der Waals surface area contributed by atoms with Gasteiger partial charge in [-0.1, -0.05) is 41.9 Å². The molecule has 0 spiro atoms. The topological polar surface area (TPSA) is 128 Å². The summed E-state index contributed by atoms with van der Waals surface area (Å²) in [4.78, 5) is 41.1. The number of rotatable bonds is 8. The molecule has 3 amide bonds. The Balaban J connectivity index is 1.99. The Morgan fingerprint density at radius 3 is 2.36 bits per heavy atom. The number of para-hydroxylation sites is 2. The second kappa shape index (κ2) is 11.2. The van der Waals surface area contributed by atoms with E-state index in [9.17, 15) is 24.6 Å². The Labute approximate surface area is 215 Å². The number of phenols is 1. The van der Waals surface area contributed by atoms with Crippen LogP contribution in [-0.4, -0.2) is 57.3 Å². The molecule has 0 saturated heterocycles. The van der Waals surface area contributed by atoms with Gasteiger partial charge in [-0.25, -0.2) is 4.79 Å². The van der Waals surface area contributed by atoms with Gasteiger partial charge in [0.25, 0.3) is 5.91 Å². The van der Waals surface area contributed by atoms with Crippen molar-refractivity contribution in [3.8, 4) is 5.75 Å². The fourth-order valence-corrected chi connectivity index (χ4v) is 4.07. The highest BCUT2D eigenvalue weighted by Gasteiger charge is 2.45. The van der Waals surface area contributed by atoms with Crippen LogP contribution in [0.2, 0.25) is 5.02 Å². The van der Waals surface area contributed by atoms with Crippen LogP contribution in [0.4, 0.5) is 10.5 Å². The molecule has 0 aliphatic heterocycles. The lowest BCUT2D eigenvalue weighted by atomic mass is 10.0. The van der Waals surface area contributed by atoms with E-state index in [2.05, 4.69) is 10.6 Å². The number of nitrogens with zero attached hydrogens (tertiary/aromatic N) is 1. The Bertz CT molecular complexity index is 1110. The maximum atomic E-state index is 13.7. The number of carbonyl (C=O) groups is 3. The second-order valence-electron chi connectivity index (χ2n) is 9.74. The van der Waals surface area contributed by atoms with Gasteiger partial charge >= 0.3 is 6.09 Å². The first kappa shape index (κ1) is 27.3. The molecule has 0 aromatic heterocycles. The van der Waals surface area contributed by atoms with Gasteiger partial charge in [0.2, 0.25) is 5.91 Å². The number of halogens is 1. The number of aryl methyl sites for hydroxylation is 1. The van der Waals surface area contributed by atoms with E-state index in [0.29, 0.717) is 23.6 Å². The van der Waals surface area contributed by atoms with Crippen LogP contribution in [0.5, 0.6) is 5.75 Å². The zero-order valence-electron chi connectivity index (χ0n) is 20.7. The lowest BCUT2D eigenvalue weighted by Crippen LogP contribution is -2.54. The summed E-state index contributed by atoms with van der Waals surface area (Å²) < 4.78 is 5.23. The maximum absolute atomic E-state index is 13.7. The van der Waals surface area contributed by atoms with Crippen molar-refractivity contribution in [1.82, 2.24) is 10.2 Å². The quantitative estimate of drug-likeness (QED) is 0.420. The van der Waals surface area contributed by atoms with Crippen molar-refractivity contribution in [3.05, 3.63) is 58.6 Å². The Kier molecular flexibility index (Phi) is 8.47. The van der Waals surface area contributed by atoms with E-state index in [-0.39, 0.29) is 17.4 Å². The molecule has 0 bridgehead atoms. The summed E-state index contributed by atoms with van der Waals surface area (Å²) in [6.45, 7) is 6.10. The van der Waals surface area contributed by atoms with Crippen LogP contribution in [0.25, 0.3) is 0 Å². The number of carbonyl (C=O) groups excluding carboxylic acids is 3. The summed E-state index contributed by atoms with van der Waals surface area (Å²) in [6, 6.07) is 8.47. The van der Waals surface area contributed by atoms with Crippen LogP contribution in [0, 0.1) is 6.92 Å². The Morgan fingerprint density at radius 2 is 1.81 bits per heavy atom. The van der Waals surface area contributed by atoms with E-state index in [4.69, 9.17) is 16.3 Å². The van der Waals surface area contributed by atoms with Crippen LogP contribution in [0.3, 0.4) is 0 Å². The van der Waals surface area contributed by atoms with Crippen molar-refractivity contribution >= 4 is 35.2 Å². The van der Waals surface area contributed by atoms with Gasteiger partial charge in [0, 0.05) is 11.6 Å². The number of phenolic OH excluding ortho intramolecular Hbond substituents is 1. The van der Waals surface area contributed by atoms with Crippen molar-refractivity contribution in [2.24, 2.45) is 0 Å². The SMILES string of the molecule is Cc1cccc(Cl)c1NC(=O)C(c1ccccc1O)N(C(=O)C(CO)NC(=O)OC(C)(C)C)C1CC1. The number of amides is 3. The zero-order valence-corrected chi connectivity index (χ0v) is 21.5. The van der Waals surface area contributed by atoms with E-state index in [1.165, 1.54) is 11.0 Å². The van der Waals surface area contributed by atoms with E-state index in [1.54, 1.807) is 64.1 Å². The summed E-state index contributed by atoms with van der Waals surface area (Å²) in [6.07, 6.45) is 0.373. The molecule has 2 unspecified atom stereocenters. The standard InChI is InChI=1S/C26H32ClN3O6/c1-15-8-7-10-18(27)21(15)29-23(33)22(17-9-5-6-11-20(17)32)30(16-12-13-16)24(34)19(14-31)28-25(35)36-26(2,3)4/h5-11,16,19,22,31-32H,12-14H2,1-4H3,(H,28,35)(H,29,33). The minimum absolute atomic E-state index is 0.173. The van der Waals surface area contributed by atoms with E-state index in [0.717, 1.165) is 5.56 Å². The lowest BCUT2D eigenvalue weighted by Gasteiger charge is -2.34. The highest BCUT2D eigenvalue weighted by molar-refractivity contribution is 6.34. The van der Waals surface area contributed by atoms with Gasteiger partial charge in [0.15, 0.2) is 0 Å². The van der Waals surface area contributed by atoms with Crippen molar-refractivity contribution in [1.29, 1.82) is 0 Å². The third-order valence-corrected chi connectivity index (χ3v) is 5.91. The molecule has 10 heteroatoms. The molecule has 1 aliphatic carbocycles. The fourth-order valence-electron chi connectivity index (χ4n) is 3.80. The molecule has 3 rings (SSSR count). The molecule has 0 radical (unpaired) electrons. The van der Waals surface area contributed by atoms with Gasteiger partial charge in [-0.15, -0.1) is 0 Å². The van der Waals surface area contributed by atoms with Crippen molar-refractivity contribution in [2.45, 2.75) is 64.3 Å². The number of aliphatic hydroxyl groups is 1. The molecule has 36 heavy (non-hydrogen) atoms. The summed E-state index contributed by atoms with van der Waals surface area (Å²) in [5, 5.41) is 26.1. The van der Waals surface area contributed by atoms with Gasteiger partial charge in [0.1, 0.15) is 23.4 Å². The molecule has 194 valence electrons. The van der Waals surface area contributed by atoms with Crippen molar-refractivity contribution in [3.63, 3.8) is 0 Å². The van der Waals surface area contributed by atoms with Crippen LogP contribution < -0.4 is 10.6 Å². The van der Waals surface area contributed by atoms with Crippen LogP contribution >= 0.6 is 11.6 Å². The summed E-state index contributed by atoms with van der Waals surface area (Å²) in [5.41, 5.74) is 0.497. The first-order chi connectivity index (χ1) is 16.9. The minimum atomic E-state index is -1.36. The number of benzene rings is 2. The number of anilines is 1. The number of alkyl carbamates (subject to hydrolysis) is 1. The molecule has 0 heterocycles. The second-order valence-corrected chi connectivity index (χ2v) is 10.1. The number of aromatic hydroxyl groups is 1. The predicted molar refractivity (Wildman–Crippen MR) is 136 cm³/mol. The largest absolute Gasteiger partial charge is 0.508 e. The van der Waals surface area contributed by atoms with E-state index in [1.807, 2.05) is 0 Å². The highest BCUT2D eigenvalue weighted by atomic mass is 35.5. The van der Waals surface area contributed by atoms with Gasteiger partial charge < -0.3 is 30.5 Å². The Morgan fingerprint density at radius 1 is 1.14 bits per heavy atom. The van der Waals surface area contributed by atoms with Crippen molar-refractivity contribution < 1.29 is 29.3 Å². The first-order valence-corrected chi connectivity index (χ1v) is 12.1. The molecular weight excluding hydrogens is 486 g/mol. The monoisotopic (exact) mass is 517 g/mol. The lowest BCUT2D eigenvalue weighted by molar-refractivity contribution is -0.142. The first-order valence-electron chi connectivity index (χ1n) is 11.7. The predicted octanol–water partition coefficient (Wildman–Crippen LogP) is 3.91. The van der Waals surface area contributed by atoms with Gasteiger partial charge in [-0.05, 0) is 58.2 Å². The number of ether oxygens (including phenoxy) is 1. The number of hydrogen-bond donors (Lipinski definition) is 4. The normalized spacial score (nSPS) is 14.9.